The molecule has 0 bridgehead atoms. The zero-order chi connectivity index (χ0) is 18.0. The van der Waals surface area contributed by atoms with Gasteiger partial charge in [0.1, 0.15) is 11.6 Å². The molecule has 1 aliphatic heterocycles. The van der Waals surface area contributed by atoms with Crippen LogP contribution in [0, 0.1) is 5.92 Å². The van der Waals surface area contributed by atoms with Crippen molar-refractivity contribution in [1.82, 2.24) is 15.2 Å². The average molecular weight is 367 g/mol. The summed E-state index contributed by atoms with van der Waals surface area (Å²) in [7, 11) is -2.20. The number of pyridine rings is 1. The standard InChI is InChI=1S/C15H22N5O4P/c1-16-14-13-11(9-17-19-15(13)21)8-12(18-14)20-5-2-10(3-6-20)4-7-25(22,23)24/h8-10H,2-7H2,1H3,(H,16,18)(H,19,21)(H2,22,23,24). The Labute approximate surface area is 144 Å². The smallest absolute Gasteiger partial charge is 0.325 e. The Bertz CT molecular complexity index is 857. The fourth-order valence-electron chi connectivity index (χ4n) is 3.25. The fourth-order valence-corrected chi connectivity index (χ4v) is 3.95. The maximum atomic E-state index is 12.0. The molecule has 2 aromatic heterocycles. The maximum Gasteiger partial charge on any atom is 0.325 e. The van der Waals surface area contributed by atoms with E-state index in [-0.39, 0.29) is 11.7 Å². The van der Waals surface area contributed by atoms with Crippen LogP contribution in [0.15, 0.2) is 17.1 Å². The second kappa shape index (κ2) is 7.11. The minimum Gasteiger partial charge on any atom is -0.372 e. The van der Waals surface area contributed by atoms with Gasteiger partial charge in [-0.1, -0.05) is 0 Å². The zero-order valence-electron chi connectivity index (χ0n) is 14.0. The van der Waals surface area contributed by atoms with Crippen LogP contribution in [-0.2, 0) is 4.57 Å². The Kier molecular flexibility index (Phi) is 5.08. The minimum absolute atomic E-state index is 0.0513. The van der Waals surface area contributed by atoms with Crippen molar-refractivity contribution in [1.29, 1.82) is 0 Å². The van der Waals surface area contributed by atoms with Crippen molar-refractivity contribution in [2.75, 3.05) is 36.5 Å². The minimum atomic E-state index is -3.92. The molecule has 1 saturated heterocycles. The molecular formula is C15H22N5O4P. The second-order valence-electron chi connectivity index (χ2n) is 6.35. The van der Waals surface area contributed by atoms with Crippen LogP contribution in [0.3, 0.4) is 0 Å². The molecule has 3 heterocycles. The normalized spacial score (nSPS) is 16.4. The number of hydrogen-bond donors (Lipinski definition) is 4. The molecule has 0 aromatic carbocycles. The molecule has 0 unspecified atom stereocenters. The quantitative estimate of drug-likeness (QED) is 0.579. The Balaban J connectivity index is 1.75. The maximum absolute atomic E-state index is 12.0. The number of hydrogen-bond acceptors (Lipinski definition) is 6. The first-order chi connectivity index (χ1) is 11.9. The first-order valence-electron chi connectivity index (χ1n) is 8.23. The highest BCUT2D eigenvalue weighted by Gasteiger charge is 2.24. The number of piperidine rings is 1. The molecule has 0 spiro atoms. The highest BCUT2D eigenvalue weighted by Crippen LogP contribution is 2.38. The van der Waals surface area contributed by atoms with E-state index in [1.54, 1.807) is 13.2 Å². The summed E-state index contributed by atoms with van der Waals surface area (Å²) >= 11 is 0. The number of nitrogens with zero attached hydrogens (tertiary/aromatic N) is 3. The molecule has 2 aromatic rings. The summed E-state index contributed by atoms with van der Waals surface area (Å²) in [6.07, 6.45) is 3.83. The first-order valence-corrected chi connectivity index (χ1v) is 10.0. The summed E-state index contributed by atoms with van der Waals surface area (Å²) < 4.78 is 11.0. The molecule has 4 N–H and O–H groups in total. The Hall–Kier alpha value is -1.96. The number of nitrogens with one attached hydrogen (secondary N) is 2. The van der Waals surface area contributed by atoms with Gasteiger partial charge >= 0.3 is 7.60 Å². The van der Waals surface area contributed by atoms with Crippen molar-refractivity contribution in [3.05, 3.63) is 22.6 Å². The molecule has 0 radical (unpaired) electrons. The summed E-state index contributed by atoms with van der Waals surface area (Å²) in [5.41, 5.74) is -0.281. The summed E-state index contributed by atoms with van der Waals surface area (Å²) in [5.74, 6) is 1.61. The third-order valence-corrected chi connectivity index (χ3v) is 5.48. The first kappa shape index (κ1) is 17.8. The van der Waals surface area contributed by atoms with Crippen LogP contribution in [0.2, 0.25) is 0 Å². The van der Waals surface area contributed by atoms with Gasteiger partial charge in [-0.25, -0.2) is 10.1 Å². The number of fused-ring (bicyclic) bond motifs is 1. The Morgan fingerprint density at radius 3 is 2.76 bits per heavy atom. The van der Waals surface area contributed by atoms with Gasteiger partial charge in [-0.3, -0.25) is 9.36 Å². The number of anilines is 2. The van der Waals surface area contributed by atoms with E-state index < -0.39 is 7.60 Å². The summed E-state index contributed by atoms with van der Waals surface area (Å²) in [4.78, 5) is 36.7. The predicted octanol–water partition coefficient (Wildman–Crippen LogP) is 1.14. The van der Waals surface area contributed by atoms with E-state index in [0.717, 1.165) is 37.1 Å². The van der Waals surface area contributed by atoms with Gasteiger partial charge in [-0.2, -0.15) is 5.10 Å². The van der Waals surface area contributed by atoms with Crippen LogP contribution < -0.4 is 15.8 Å². The topological polar surface area (TPSA) is 131 Å². The lowest BCUT2D eigenvalue weighted by molar-refractivity contribution is 0.350. The van der Waals surface area contributed by atoms with Gasteiger partial charge in [-0.15, -0.1) is 0 Å². The monoisotopic (exact) mass is 367 g/mol. The van der Waals surface area contributed by atoms with Crippen LogP contribution in [0.5, 0.6) is 0 Å². The van der Waals surface area contributed by atoms with Crippen molar-refractivity contribution in [2.45, 2.75) is 19.3 Å². The lowest BCUT2D eigenvalue weighted by atomic mass is 9.94. The van der Waals surface area contributed by atoms with Crippen LogP contribution in [-0.4, -0.2) is 51.3 Å². The van der Waals surface area contributed by atoms with Gasteiger partial charge in [-0.05, 0) is 31.2 Å². The lowest BCUT2D eigenvalue weighted by Crippen LogP contribution is -2.34. The van der Waals surface area contributed by atoms with Gasteiger partial charge in [0.05, 0.1) is 17.7 Å². The highest BCUT2D eigenvalue weighted by molar-refractivity contribution is 7.51. The average Bonchev–Trinajstić information content (AvgIpc) is 2.59. The molecular weight excluding hydrogens is 345 g/mol. The molecule has 136 valence electrons. The van der Waals surface area contributed by atoms with E-state index in [2.05, 4.69) is 25.4 Å². The Morgan fingerprint density at radius 2 is 2.12 bits per heavy atom. The molecule has 0 saturated carbocycles. The Morgan fingerprint density at radius 1 is 1.40 bits per heavy atom. The number of H-pyrrole nitrogens is 1. The van der Waals surface area contributed by atoms with E-state index in [1.165, 1.54) is 0 Å². The van der Waals surface area contributed by atoms with Gasteiger partial charge in [0.15, 0.2) is 0 Å². The molecule has 0 amide bonds. The van der Waals surface area contributed by atoms with Crippen LogP contribution in [0.4, 0.5) is 11.6 Å². The molecule has 25 heavy (non-hydrogen) atoms. The summed E-state index contributed by atoms with van der Waals surface area (Å²) in [6.45, 7) is 1.54. The van der Waals surface area contributed by atoms with Gasteiger partial charge in [0.25, 0.3) is 5.56 Å². The molecule has 10 heteroatoms. The van der Waals surface area contributed by atoms with Crippen LogP contribution in [0.25, 0.3) is 10.8 Å². The van der Waals surface area contributed by atoms with Crippen molar-refractivity contribution in [3.8, 4) is 0 Å². The number of aromatic nitrogens is 3. The third kappa shape index (κ3) is 4.18. The van der Waals surface area contributed by atoms with Gasteiger partial charge in [0, 0.05) is 25.5 Å². The van der Waals surface area contributed by atoms with Crippen molar-refractivity contribution >= 4 is 30.0 Å². The zero-order valence-corrected chi connectivity index (χ0v) is 14.9. The number of aromatic amines is 1. The van der Waals surface area contributed by atoms with Crippen LogP contribution in [0.1, 0.15) is 19.3 Å². The molecule has 1 fully saturated rings. The largest absolute Gasteiger partial charge is 0.372 e. The van der Waals surface area contributed by atoms with E-state index >= 15 is 0 Å². The van der Waals surface area contributed by atoms with Gasteiger partial charge < -0.3 is 20.0 Å². The molecule has 1 aliphatic rings. The van der Waals surface area contributed by atoms with Crippen molar-refractivity contribution in [3.63, 3.8) is 0 Å². The highest BCUT2D eigenvalue weighted by atomic mass is 31.2. The molecule has 3 rings (SSSR count). The SMILES string of the molecule is CNc1nc(N2CCC(CCP(=O)(O)O)CC2)cc2cn[nH]c(=O)c12. The third-order valence-electron chi connectivity index (χ3n) is 4.64. The van der Waals surface area contributed by atoms with E-state index in [1.807, 2.05) is 6.07 Å². The molecule has 0 aliphatic carbocycles. The van der Waals surface area contributed by atoms with Crippen LogP contribution >= 0.6 is 7.60 Å². The number of rotatable bonds is 5. The van der Waals surface area contributed by atoms with Crippen molar-refractivity contribution in [2.24, 2.45) is 5.92 Å². The molecule has 9 nitrogen and oxygen atoms in total. The summed E-state index contributed by atoms with van der Waals surface area (Å²) in [5, 5.41) is 10.4. The van der Waals surface area contributed by atoms with Crippen molar-refractivity contribution < 1.29 is 14.4 Å². The van der Waals surface area contributed by atoms with E-state index in [4.69, 9.17) is 9.79 Å². The second-order valence-corrected chi connectivity index (χ2v) is 8.13. The fraction of sp³-hybridized carbons (Fsp3) is 0.533. The molecule has 0 atom stereocenters. The van der Waals surface area contributed by atoms with E-state index in [0.29, 0.717) is 23.5 Å². The van der Waals surface area contributed by atoms with E-state index in [9.17, 15) is 9.36 Å². The predicted molar refractivity (Wildman–Crippen MR) is 96.2 cm³/mol. The summed E-state index contributed by atoms with van der Waals surface area (Å²) in [6, 6.07) is 1.86. The van der Waals surface area contributed by atoms with Gasteiger partial charge in [0.2, 0.25) is 0 Å². The lowest BCUT2D eigenvalue weighted by Gasteiger charge is -2.33.